The zero-order valence-electron chi connectivity index (χ0n) is 23.5. The van der Waals surface area contributed by atoms with Crippen LogP contribution in [0.4, 0.5) is 0 Å². The molecule has 0 bridgehead atoms. The number of hydrogen-bond acceptors (Lipinski definition) is 6. The number of amides is 2. The van der Waals surface area contributed by atoms with Crippen molar-refractivity contribution in [3.05, 3.63) is 107 Å². The predicted molar refractivity (Wildman–Crippen MR) is 158 cm³/mol. The van der Waals surface area contributed by atoms with E-state index in [4.69, 9.17) is 4.74 Å². The second-order valence-corrected chi connectivity index (χ2v) is 12.6. The van der Waals surface area contributed by atoms with Gasteiger partial charge in [-0.2, -0.15) is 5.26 Å². The third kappa shape index (κ3) is 5.66. The second kappa shape index (κ2) is 11.8. The number of sulfonamides is 1. The van der Waals surface area contributed by atoms with Crippen LogP contribution in [0.2, 0.25) is 0 Å². The summed E-state index contributed by atoms with van der Waals surface area (Å²) in [7, 11) is -2.82. The fraction of sp³-hybridized carbons (Fsp3) is 0.281. The second-order valence-electron chi connectivity index (χ2n) is 10.6. The molecular formula is C32H32N4O5S. The van der Waals surface area contributed by atoms with Gasteiger partial charge in [-0.3, -0.25) is 14.6 Å². The Morgan fingerprint density at radius 3 is 2.60 bits per heavy atom. The number of rotatable bonds is 9. The average Bonchev–Trinajstić information content (AvgIpc) is 3.36. The smallest absolute Gasteiger partial charge is 0.239 e. The van der Waals surface area contributed by atoms with Gasteiger partial charge < -0.3 is 9.64 Å². The van der Waals surface area contributed by atoms with Gasteiger partial charge in [0.1, 0.15) is 10.5 Å². The molecule has 0 aromatic heterocycles. The summed E-state index contributed by atoms with van der Waals surface area (Å²) in [4.78, 5) is 30.8. The fourth-order valence-electron chi connectivity index (χ4n) is 5.74. The molecule has 1 aliphatic carbocycles. The number of carbonyl (C=O) groups excluding carboxylic acids is 2. The van der Waals surface area contributed by atoms with E-state index in [1.54, 1.807) is 54.5 Å². The van der Waals surface area contributed by atoms with E-state index in [1.165, 1.54) is 6.92 Å². The van der Waals surface area contributed by atoms with Crippen molar-refractivity contribution in [3.63, 3.8) is 0 Å². The molecule has 3 aromatic rings. The van der Waals surface area contributed by atoms with Gasteiger partial charge in [0.25, 0.3) is 0 Å². The monoisotopic (exact) mass is 584 g/mol. The average molecular weight is 585 g/mol. The lowest BCUT2D eigenvalue weighted by Gasteiger charge is -2.39. The van der Waals surface area contributed by atoms with Crippen molar-refractivity contribution in [1.29, 1.82) is 5.26 Å². The summed E-state index contributed by atoms with van der Waals surface area (Å²) in [5.41, 5.74) is 3.60. The van der Waals surface area contributed by atoms with E-state index in [0.29, 0.717) is 24.3 Å². The molecule has 0 radical (unpaired) electrons. The molecule has 1 heterocycles. The lowest BCUT2D eigenvalue weighted by molar-refractivity contribution is -0.132. The summed E-state index contributed by atoms with van der Waals surface area (Å²) in [6.45, 7) is 1.94. The zero-order chi connectivity index (χ0) is 29.9. The molecule has 1 N–H and O–H groups in total. The third-order valence-corrected chi connectivity index (χ3v) is 10.00. The normalized spacial score (nSPS) is 19.7. The van der Waals surface area contributed by atoms with E-state index < -0.39 is 26.6 Å². The molecular weight excluding hydrogens is 552 g/mol. The molecule has 0 saturated carbocycles. The number of hydrogen-bond donors (Lipinski definition) is 1. The van der Waals surface area contributed by atoms with Gasteiger partial charge in [-0.1, -0.05) is 60.7 Å². The number of carbonyl (C=O) groups is 2. The van der Waals surface area contributed by atoms with E-state index in [2.05, 4.69) is 10.9 Å². The highest BCUT2D eigenvalue weighted by atomic mass is 32.2. The molecule has 2 aliphatic rings. The number of benzene rings is 3. The van der Waals surface area contributed by atoms with Crippen molar-refractivity contribution in [2.24, 2.45) is 5.92 Å². The quantitative estimate of drug-likeness (QED) is 0.382. The molecule has 9 nitrogen and oxygen atoms in total. The first kappa shape index (κ1) is 29.0. The van der Waals surface area contributed by atoms with E-state index in [0.717, 1.165) is 27.3 Å². The number of nitrogens with zero attached hydrogens (tertiary/aromatic N) is 3. The van der Waals surface area contributed by atoms with Gasteiger partial charge in [0.15, 0.2) is 0 Å². The fourth-order valence-corrected chi connectivity index (χ4v) is 7.58. The minimum Gasteiger partial charge on any atom is -0.497 e. The van der Waals surface area contributed by atoms with Crippen LogP contribution in [0.3, 0.4) is 0 Å². The van der Waals surface area contributed by atoms with Crippen molar-refractivity contribution in [3.8, 4) is 11.8 Å². The standard InChI is InChI=1S/C32H32N4O5S/c1-23(37)36(22-24-7-4-3-5-8-24)34-42(39,40)32(15-13-27-11-12-29(41-2)18-28(27)19-32)30-14-16-35(31(30)38)21-26-10-6-9-25(17-26)20-33/h3-13,15,17-18,30,34H,14,16,19,21-22H2,1-2H3/t30-,32?/m0/s1. The molecule has 10 heteroatoms. The number of likely N-dealkylation sites (tertiary alicyclic amines) is 1. The molecule has 2 atom stereocenters. The highest BCUT2D eigenvalue weighted by molar-refractivity contribution is 7.91. The Bertz CT molecular complexity index is 1680. The SMILES string of the molecule is COc1ccc2c(c1)CC([C@H]1CCN(Cc3cccc(C#N)c3)C1=O)(S(=O)(=O)NN(Cc1ccccc1)C(C)=O)C=C2. The Morgan fingerprint density at radius 1 is 1.12 bits per heavy atom. The van der Waals surface area contributed by atoms with Crippen LogP contribution in [0.15, 0.2) is 78.9 Å². The summed E-state index contributed by atoms with van der Waals surface area (Å²) < 4.78 is 32.7. The minimum atomic E-state index is -4.36. The minimum absolute atomic E-state index is 0.0244. The van der Waals surface area contributed by atoms with Gasteiger partial charge >= 0.3 is 0 Å². The van der Waals surface area contributed by atoms with E-state index in [1.807, 2.05) is 42.5 Å². The lowest BCUT2D eigenvalue weighted by atomic mass is 9.79. The third-order valence-electron chi connectivity index (χ3n) is 7.97. The van der Waals surface area contributed by atoms with Crippen molar-refractivity contribution < 1.29 is 22.7 Å². The largest absolute Gasteiger partial charge is 0.497 e. The molecule has 216 valence electrons. The maximum Gasteiger partial charge on any atom is 0.239 e. The van der Waals surface area contributed by atoms with Gasteiger partial charge in [0, 0.05) is 20.0 Å². The number of nitrogens with one attached hydrogen (secondary N) is 1. The maximum atomic E-state index is 14.5. The molecule has 42 heavy (non-hydrogen) atoms. The van der Waals surface area contributed by atoms with Crippen molar-refractivity contribution in [2.75, 3.05) is 13.7 Å². The summed E-state index contributed by atoms with van der Waals surface area (Å²) in [5.74, 6) is -1.10. The van der Waals surface area contributed by atoms with Crippen LogP contribution >= 0.6 is 0 Å². The van der Waals surface area contributed by atoms with Gasteiger partial charge in [-0.25, -0.2) is 8.42 Å². The molecule has 3 aromatic carbocycles. The molecule has 2 amide bonds. The zero-order valence-corrected chi connectivity index (χ0v) is 24.3. The van der Waals surface area contributed by atoms with Crippen LogP contribution < -0.4 is 9.57 Å². The van der Waals surface area contributed by atoms with E-state index >= 15 is 0 Å². The number of nitriles is 1. The molecule has 1 unspecified atom stereocenters. The van der Waals surface area contributed by atoms with E-state index in [9.17, 15) is 23.3 Å². The molecule has 1 fully saturated rings. The van der Waals surface area contributed by atoms with Gasteiger partial charge in [0.05, 0.1) is 31.2 Å². The van der Waals surface area contributed by atoms with Gasteiger partial charge in [0.2, 0.25) is 21.8 Å². The van der Waals surface area contributed by atoms with Crippen molar-refractivity contribution in [1.82, 2.24) is 14.7 Å². The number of ether oxygens (including phenoxy) is 1. The van der Waals surface area contributed by atoms with Crippen LogP contribution in [-0.2, 0) is 39.1 Å². The summed E-state index contributed by atoms with van der Waals surface area (Å²) >= 11 is 0. The first-order valence-corrected chi connectivity index (χ1v) is 15.1. The predicted octanol–water partition coefficient (Wildman–Crippen LogP) is 3.81. The summed E-state index contributed by atoms with van der Waals surface area (Å²) in [6, 6.07) is 23.7. The van der Waals surface area contributed by atoms with Crippen LogP contribution in [0.1, 0.15) is 41.2 Å². The molecule has 1 aliphatic heterocycles. The first-order valence-electron chi connectivity index (χ1n) is 13.6. The van der Waals surface area contributed by atoms with Crippen molar-refractivity contribution >= 4 is 27.9 Å². The van der Waals surface area contributed by atoms with Crippen LogP contribution in [0, 0.1) is 17.2 Å². The van der Waals surface area contributed by atoms with E-state index in [-0.39, 0.29) is 25.4 Å². The molecule has 0 spiro atoms. The molecule has 5 rings (SSSR count). The summed E-state index contributed by atoms with van der Waals surface area (Å²) in [6.07, 6.45) is 3.67. The number of hydrazine groups is 1. The Hall–Kier alpha value is -4.46. The number of methoxy groups -OCH3 is 1. The van der Waals surface area contributed by atoms with Crippen LogP contribution in [0.25, 0.3) is 6.08 Å². The highest BCUT2D eigenvalue weighted by Gasteiger charge is 2.56. The van der Waals surface area contributed by atoms with Gasteiger partial charge in [-0.15, -0.1) is 4.83 Å². The first-order chi connectivity index (χ1) is 20.2. The van der Waals surface area contributed by atoms with Crippen LogP contribution in [0.5, 0.6) is 5.75 Å². The van der Waals surface area contributed by atoms with Crippen LogP contribution in [-0.4, -0.2) is 48.5 Å². The van der Waals surface area contributed by atoms with Gasteiger partial charge in [-0.05, 0) is 59.4 Å². The highest BCUT2D eigenvalue weighted by Crippen LogP contribution is 2.43. The maximum absolute atomic E-state index is 14.5. The Labute approximate surface area is 246 Å². The topological polar surface area (TPSA) is 120 Å². The Morgan fingerprint density at radius 2 is 1.88 bits per heavy atom. The molecule has 1 saturated heterocycles. The van der Waals surface area contributed by atoms with Crippen molar-refractivity contribution in [2.45, 2.75) is 37.6 Å². The Kier molecular flexibility index (Phi) is 8.16. The Balaban J connectivity index is 1.51. The summed E-state index contributed by atoms with van der Waals surface area (Å²) in [5, 5.41) is 10.4. The lowest BCUT2D eigenvalue weighted by Crippen LogP contribution is -2.58. The number of fused-ring (bicyclic) bond motifs is 1.